The number of anilines is 2. The van der Waals surface area contributed by atoms with Gasteiger partial charge in [-0.05, 0) is 44.5 Å². The van der Waals surface area contributed by atoms with E-state index < -0.39 is 0 Å². The van der Waals surface area contributed by atoms with Crippen LogP contribution in [0, 0.1) is 5.82 Å². The van der Waals surface area contributed by atoms with Crippen molar-refractivity contribution in [1.29, 1.82) is 0 Å². The minimum absolute atomic E-state index is 0.199. The number of fused-ring (bicyclic) bond motifs is 2. The lowest BCUT2D eigenvalue weighted by molar-refractivity contribution is 0.254. The molecule has 4 heteroatoms. The van der Waals surface area contributed by atoms with Crippen LogP contribution in [0.15, 0.2) is 18.2 Å². The van der Waals surface area contributed by atoms with Crippen molar-refractivity contribution < 1.29 is 4.39 Å². The van der Waals surface area contributed by atoms with Crippen LogP contribution >= 0.6 is 0 Å². The molecule has 18 heavy (non-hydrogen) atoms. The molecule has 2 aliphatic rings. The van der Waals surface area contributed by atoms with E-state index in [1.165, 1.54) is 18.9 Å². The van der Waals surface area contributed by atoms with Crippen molar-refractivity contribution in [2.24, 2.45) is 0 Å². The van der Waals surface area contributed by atoms with Gasteiger partial charge in [0.1, 0.15) is 5.82 Å². The Bertz CT molecular complexity index is 449. The second-order valence-electron chi connectivity index (χ2n) is 5.50. The van der Waals surface area contributed by atoms with Crippen LogP contribution in [0.25, 0.3) is 0 Å². The van der Waals surface area contributed by atoms with Gasteiger partial charge in [0.2, 0.25) is 0 Å². The Morgan fingerprint density at radius 2 is 2.00 bits per heavy atom. The summed E-state index contributed by atoms with van der Waals surface area (Å²) in [7, 11) is 2.20. The Morgan fingerprint density at radius 1 is 1.22 bits per heavy atom. The second-order valence-corrected chi connectivity index (χ2v) is 5.50. The number of nitrogen functional groups attached to an aromatic ring is 1. The monoisotopic (exact) mass is 249 g/mol. The van der Waals surface area contributed by atoms with Crippen LogP contribution in [0.2, 0.25) is 0 Å². The number of hydrogen-bond donors (Lipinski definition) is 1. The second kappa shape index (κ2) is 4.43. The van der Waals surface area contributed by atoms with E-state index in [-0.39, 0.29) is 5.82 Å². The van der Waals surface area contributed by atoms with Crippen molar-refractivity contribution >= 4 is 11.4 Å². The van der Waals surface area contributed by atoms with E-state index >= 15 is 0 Å². The summed E-state index contributed by atoms with van der Waals surface area (Å²) < 4.78 is 14.0. The van der Waals surface area contributed by atoms with E-state index in [4.69, 9.17) is 5.73 Å². The maximum Gasteiger partial charge on any atom is 0.148 e. The lowest BCUT2D eigenvalue weighted by Crippen LogP contribution is -2.36. The Balaban J connectivity index is 1.84. The largest absolute Gasteiger partial charge is 0.399 e. The number of rotatable bonds is 1. The van der Waals surface area contributed by atoms with Crippen molar-refractivity contribution in [2.75, 3.05) is 30.8 Å². The van der Waals surface area contributed by atoms with E-state index in [1.807, 2.05) is 6.07 Å². The van der Waals surface area contributed by atoms with Gasteiger partial charge in [0.25, 0.3) is 0 Å². The molecule has 0 spiro atoms. The zero-order valence-electron chi connectivity index (χ0n) is 10.8. The minimum Gasteiger partial charge on any atom is -0.399 e. The first kappa shape index (κ1) is 11.8. The van der Waals surface area contributed by atoms with E-state index in [0.29, 0.717) is 23.5 Å². The lowest BCUT2D eigenvalue weighted by Gasteiger charge is -2.28. The highest BCUT2D eigenvalue weighted by Gasteiger charge is 2.35. The van der Waals surface area contributed by atoms with E-state index in [2.05, 4.69) is 16.8 Å². The zero-order chi connectivity index (χ0) is 12.7. The average Bonchev–Trinajstić information content (AvgIpc) is 2.55. The summed E-state index contributed by atoms with van der Waals surface area (Å²) in [6.45, 7) is 1.86. The molecule has 3 nitrogen and oxygen atoms in total. The minimum atomic E-state index is -0.199. The molecule has 0 radical (unpaired) electrons. The van der Waals surface area contributed by atoms with Crippen molar-refractivity contribution in [3.05, 3.63) is 24.0 Å². The summed E-state index contributed by atoms with van der Waals surface area (Å²) in [4.78, 5) is 4.64. The van der Waals surface area contributed by atoms with Gasteiger partial charge in [0.05, 0.1) is 5.69 Å². The van der Waals surface area contributed by atoms with Crippen LogP contribution in [-0.2, 0) is 0 Å². The van der Waals surface area contributed by atoms with Gasteiger partial charge in [-0.25, -0.2) is 4.39 Å². The van der Waals surface area contributed by atoms with Crippen LogP contribution in [0.5, 0.6) is 0 Å². The standard InChI is InChI=1S/C14H20FN3/c1-17-11-3-4-12(17)9-18(7-6-11)14-5-2-10(16)8-13(14)15/h2,5,8,11-12H,3-4,6-7,9,16H2,1H3. The van der Waals surface area contributed by atoms with Gasteiger partial charge in [-0.2, -0.15) is 0 Å². The van der Waals surface area contributed by atoms with Crippen LogP contribution in [0.3, 0.4) is 0 Å². The normalized spacial score (nSPS) is 28.4. The number of nitrogens with zero attached hydrogens (tertiary/aromatic N) is 2. The zero-order valence-corrected chi connectivity index (χ0v) is 10.8. The molecule has 2 heterocycles. The molecule has 2 unspecified atom stereocenters. The molecule has 3 rings (SSSR count). The summed E-state index contributed by atoms with van der Waals surface area (Å²) >= 11 is 0. The first-order valence-electron chi connectivity index (χ1n) is 6.67. The molecule has 2 N–H and O–H groups in total. The van der Waals surface area contributed by atoms with Gasteiger partial charge in [-0.3, -0.25) is 4.90 Å². The van der Waals surface area contributed by atoms with Gasteiger partial charge < -0.3 is 10.6 Å². The molecule has 2 saturated heterocycles. The molecule has 0 aromatic heterocycles. The molecule has 0 amide bonds. The third-order valence-electron chi connectivity index (χ3n) is 4.46. The first-order valence-corrected chi connectivity index (χ1v) is 6.67. The number of likely N-dealkylation sites (N-methyl/N-ethyl adjacent to an activating group) is 1. The van der Waals surface area contributed by atoms with Crippen LogP contribution < -0.4 is 10.6 Å². The lowest BCUT2D eigenvalue weighted by atomic mass is 10.1. The molecule has 0 saturated carbocycles. The molecule has 2 fully saturated rings. The van der Waals surface area contributed by atoms with E-state index in [9.17, 15) is 4.39 Å². The predicted molar refractivity (Wildman–Crippen MR) is 72.2 cm³/mol. The SMILES string of the molecule is CN1C2CCC1CN(c1ccc(N)cc1F)CC2. The first-order chi connectivity index (χ1) is 8.65. The van der Waals surface area contributed by atoms with E-state index in [1.54, 1.807) is 6.07 Å². The fourth-order valence-corrected chi connectivity index (χ4v) is 3.31. The molecule has 2 aliphatic heterocycles. The number of hydrogen-bond acceptors (Lipinski definition) is 3. The number of benzene rings is 1. The molecule has 0 aliphatic carbocycles. The summed E-state index contributed by atoms with van der Waals surface area (Å²) in [5.41, 5.74) is 6.79. The molecule has 1 aromatic rings. The smallest absolute Gasteiger partial charge is 0.148 e. The quantitative estimate of drug-likeness (QED) is 0.773. The van der Waals surface area contributed by atoms with Crippen molar-refractivity contribution in [1.82, 2.24) is 4.90 Å². The van der Waals surface area contributed by atoms with Gasteiger partial charge in [-0.1, -0.05) is 0 Å². The third kappa shape index (κ3) is 1.94. The summed E-state index contributed by atoms with van der Waals surface area (Å²) in [6.07, 6.45) is 3.64. The third-order valence-corrected chi connectivity index (χ3v) is 4.46. The Hall–Kier alpha value is -1.29. The highest BCUT2D eigenvalue weighted by atomic mass is 19.1. The molecular weight excluding hydrogens is 229 g/mol. The van der Waals surface area contributed by atoms with Gasteiger partial charge in [0, 0.05) is 30.9 Å². The molecular formula is C14H20FN3. The topological polar surface area (TPSA) is 32.5 Å². The summed E-state index contributed by atoms with van der Waals surface area (Å²) in [5, 5.41) is 0. The van der Waals surface area contributed by atoms with Crippen LogP contribution in [-0.4, -0.2) is 37.1 Å². The predicted octanol–water partition coefficient (Wildman–Crippen LogP) is 2.08. The van der Waals surface area contributed by atoms with E-state index in [0.717, 1.165) is 19.5 Å². The highest BCUT2D eigenvalue weighted by molar-refractivity contribution is 5.54. The van der Waals surface area contributed by atoms with Gasteiger partial charge in [0.15, 0.2) is 0 Å². The molecule has 1 aromatic carbocycles. The maximum atomic E-state index is 14.0. The fraction of sp³-hybridized carbons (Fsp3) is 0.571. The van der Waals surface area contributed by atoms with Crippen molar-refractivity contribution in [3.8, 4) is 0 Å². The molecule has 2 bridgehead atoms. The average molecular weight is 249 g/mol. The maximum absolute atomic E-state index is 14.0. The Kier molecular flexibility index (Phi) is 2.90. The summed E-state index contributed by atoms with van der Waals surface area (Å²) in [5.74, 6) is -0.199. The van der Waals surface area contributed by atoms with Crippen molar-refractivity contribution in [2.45, 2.75) is 31.3 Å². The fourth-order valence-electron chi connectivity index (χ4n) is 3.31. The van der Waals surface area contributed by atoms with Crippen molar-refractivity contribution in [3.63, 3.8) is 0 Å². The molecule has 98 valence electrons. The van der Waals surface area contributed by atoms with Crippen LogP contribution in [0.4, 0.5) is 15.8 Å². The Morgan fingerprint density at radius 3 is 2.78 bits per heavy atom. The number of halogens is 1. The van der Waals surface area contributed by atoms with Gasteiger partial charge in [-0.15, -0.1) is 0 Å². The summed E-state index contributed by atoms with van der Waals surface area (Å²) in [6, 6.07) is 6.25. The number of nitrogens with two attached hydrogens (primary N) is 1. The molecule has 2 atom stereocenters. The Labute approximate surface area is 107 Å². The highest BCUT2D eigenvalue weighted by Crippen LogP contribution is 2.31. The van der Waals surface area contributed by atoms with Crippen LogP contribution in [0.1, 0.15) is 19.3 Å². The van der Waals surface area contributed by atoms with Gasteiger partial charge >= 0.3 is 0 Å².